The number of halogens is 2. The Morgan fingerprint density at radius 1 is 1.36 bits per heavy atom. The van der Waals surface area contributed by atoms with Gasteiger partial charge in [-0.2, -0.15) is 0 Å². The third-order valence-corrected chi connectivity index (χ3v) is 5.44. The van der Waals surface area contributed by atoms with Crippen LogP contribution in [0.3, 0.4) is 0 Å². The van der Waals surface area contributed by atoms with Crippen LogP contribution in [0.15, 0.2) is 35.7 Å². The molecule has 1 aliphatic heterocycles. The first-order valence-corrected chi connectivity index (χ1v) is 9.85. The van der Waals surface area contributed by atoms with E-state index in [4.69, 9.17) is 27.9 Å². The Morgan fingerprint density at radius 3 is 2.96 bits per heavy atom. The summed E-state index contributed by atoms with van der Waals surface area (Å²) in [7, 11) is 0. The van der Waals surface area contributed by atoms with Gasteiger partial charge in [-0.3, -0.25) is 9.69 Å². The highest BCUT2D eigenvalue weighted by atomic mass is 35.5. The minimum Gasteiger partial charge on any atom is -0.377 e. The van der Waals surface area contributed by atoms with Crippen molar-refractivity contribution in [2.75, 3.05) is 25.0 Å². The molecule has 4 nitrogen and oxygen atoms in total. The molecule has 1 fully saturated rings. The Kier molecular flexibility index (Phi) is 6.73. The van der Waals surface area contributed by atoms with E-state index >= 15 is 0 Å². The number of ether oxygens (including phenoxy) is 1. The van der Waals surface area contributed by atoms with Crippen molar-refractivity contribution >= 4 is 46.1 Å². The Morgan fingerprint density at radius 2 is 2.24 bits per heavy atom. The third kappa shape index (κ3) is 5.69. The van der Waals surface area contributed by atoms with E-state index in [1.807, 2.05) is 11.4 Å². The molecule has 1 atom stereocenters. The van der Waals surface area contributed by atoms with Gasteiger partial charge in [0, 0.05) is 29.6 Å². The number of hydrogen-bond acceptors (Lipinski definition) is 4. The van der Waals surface area contributed by atoms with Crippen LogP contribution in [0.4, 0.5) is 5.69 Å². The van der Waals surface area contributed by atoms with Crippen LogP contribution in [-0.4, -0.2) is 36.6 Å². The molecule has 1 amide bonds. The van der Waals surface area contributed by atoms with E-state index in [0.29, 0.717) is 15.7 Å². The van der Waals surface area contributed by atoms with Crippen LogP contribution in [0.2, 0.25) is 10.0 Å². The smallest absolute Gasteiger partial charge is 0.238 e. The van der Waals surface area contributed by atoms with E-state index < -0.39 is 0 Å². The SMILES string of the molecule is O=C(CN(Cc1cccs1)C[C@@H]1CCCO1)Nc1cc(Cl)ccc1Cl. The first-order chi connectivity index (χ1) is 12.1. The zero-order valence-corrected chi connectivity index (χ0v) is 16.0. The summed E-state index contributed by atoms with van der Waals surface area (Å²) in [5, 5.41) is 5.91. The molecule has 0 saturated carbocycles. The van der Waals surface area contributed by atoms with Crippen molar-refractivity contribution < 1.29 is 9.53 Å². The lowest BCUT2D eigenvalue weighted by molar-refractivity contribution is -0.117. The largest absolute Gasteiger partial charge is 0.377 e. The summed E-state index contributed by atoms with van der Waals surface area (Å²) in [4.78, 5) is 15.8. The second-order valence-corrected chi connectivity index (χ2v) is 7.93. The standard InChI is InChI=1S/C18H20Cl2N2O2S/c19-13-5-6-16(20)17(9-13)21-18(23)12-22(10-14-3-1-7-24-14)11-15-4-2-8-25-15/h2,4-6,8-9,14H,1,3,7,10-12H2,(H,21,23)/t14-/m0/s1. The van der Waals surface area contributed by atoms with E-state index in [0.717, 1.165) is 32.5 Å². The van der Waals surface area contributed by atoms with Crippen LogP contribution in [0.5, 0.6) is 0 Å². The Hall–Kier alpha value is -1.11. The molecule has 0 aliphatic carbocycles. The van der Waals surface area contributed by atoms with E-state index in [1.165, 1.54) is 4.88 Å². The normalized spacial score (nSPS) is 17.2. The highest BCUT2D eigenvalue weighted by molar-refractivity contribution is 7.09. The Balaban J connectivity index is 1.63. The maximum absolute atomic E-state index is 12.5. The van der Waals surface area contributed by atoms with Crippen molar-refractivity contribution in [2.45, 2.75) is 25.5 Å². The summed E-state index contributed by atoms with van der Waals surface area (Å²) in [5.41, 5.74) is 0.535. The van der Waals surface area contributed by atoms with Crippen LogP contribution in [-0.2, 0) is 16.1 Å². The van der Waals surface area contributed by atoms with Gasteiger partial charge in [0.15, 0.2) is 0 Å². The number of hydrogen-bond donors (Lipinski definition) is 1. The number of carbonyl (C=O) groups is 1. The van der Waals surface area contributed by atoms with Crippen molar-refractivity contribution in [1.82, 2.24) is 4.90 Å². The van der Waals surface area contributed by atoms with Crippen molar-refractivity contribution in [1.29, 1.82) is 0 Å². The fourth-order valence-corrected chi connectivity index (χ4v) is 3.95. The van der Waals surface area contributed by atoms with E-state index in [1.54, 1.807) is 29.5 Å². The van der Waals surface area contributed by atoms with Crippen molar-refractivity contribution in [3.05, 3.63) is 50.6 Å². The number of anilines is 1. The summed E-state index contributed by atoms with van der Waals surface area (Å²) in [6, 6.07) is 9.13. The second-order valence-electron chi connectivity index (χ2n) is 6.06. The maximum atomic E-state index is 12.5. The van der Waals surface area contributed by atoms with Crippen LogP contribution < -0.4 is 5.32 Å². The topological polar surface area (TPSA) is 41.6 Å². The van der Waals surface area contributed by atoms with Crippen molar-refractivity contribution in [2.24, 2.45) is 0 Å². The molecule has 0 radical (unpaired) electrons. The summed E-state index contributed by atoms with van der Waals surface area (Å²) < 4.78 is 5.73. The molecule has 1 N–H and O–H groups in total. The second kappa shape index (κ2) is 9.01. The molecule has 2 aromatic rings. The van der Waals surface area contributed by atoms with Gasteiger partial charge in [0.1, 0.15) is 0 Å². The predicted molar refractivity (Wildman–Crippen MR) is 104 cm³/mol. The molecule has 1 aromatic heterocycles. The highest BCUT2D eigenvalue weighted by Crippen LogP contribution is 2.25. The molecule has 0 bridgehead atoms. The first kappa shape index (κ1) is 18.7. The number of benzene rings is 1. The third-order valence-electron chi connectivity index (χ3n) is 4.02. The fraction of sp³-hybridized carbons (Fsp3) is 0.389. The number of carbonyl (C=O) groups excluding carboxylic acids is 1. The minimum absolute atomic E-state index is 0.112. The molecule has 2 heterocycles. The van der Waals surface area contributed by atoms with Gasteiger partial charge in [-0.15, -0.1) is 11.3 Å². The van der Waals surface area contributed by atoms with Crippen molar-refractivity contribution in [3.8, 4) is 0 Å². The van der Waals surface area contributed by atoms with E-state index in [9.17, 15) is 4.79 Å². The van der Waals surface area contributed by atoms with Gasteiger partial charge in [-0.25, -0.2) is 0 Å². The summed E-state index contributed by atoms with van der Waals surface area (Å²) in [6.45, 7) is 2.56. The molecule has 134 valence electrons. The number of nitrogens with zero attached hydrogens (tertiary/aromatic N) is 1. The average molecular weight is 399 g/mol. The van der Waals surface area contributed by atoms with Gasteiger partial charge in [0.2, 0.25) is 5.91 Å². The highest BCUT2D eigenvalue weighted by Gasteiger charge is 2.21. The number of rotatable bonds is 7. The van der Waals surface area contributed by atoms with Gasteiger partial charge in [-0.1, -0.05) is 29.3 Å². The minimum atomic E-state index is -0.112. The van der Waals surface area contributed by atoms with Crippen LogP contribution in [0.25, 0.3) is 0 Å². The monoisotopic (exact) mass is 398 g/mol. The predicted octanol–water partition coefficient (Wildman–Crippen LogP) is 4.67. The number of thiophene rings is 1. The molecule has 0 spiro atoms. The quantitative estimate of drug-likeness (QED) is 0.736. The van der Waals surface area contributed by atoms with Gasteiger partial charge >= 0.3 is 0 Å². The van der Waals surface area contributed by atoms with Crippen molar-refractivity contribution in [3.63, 3.8) is 0 Å². The molecule has 1 aliphatic rings. The van der Waals surface area contributed by atoms with Crippen LogP contribution >= 0.6 is 34.5 Å². The molecule has 7 heteroatoms. The van der Waals surface area contributed by atoms with Gasteiger partial charge in [0.25, 0.3) is 0 Å². The average Bonchev–Trinajstić information content (AvgIpc) is 3.25. The number of amides is 1. The Bertz CT molecular complexity index is 703. The van der Waals surface area contributed by atoms with Gasteiger partial charge in [0.05, 0.1) is 23.4 Å². The lowest BCUT2D eigenvalue weighted by Gasteiger charge is -2.24. The first-order valence-electron chi connectivity index (χ1n) is 8.21. The van der Waals surface area contributed by atoms with Crippen LogP contribution in [0, 0.1) is 0 Å². The van der Waals surface area contributed by atoms with E-state index in [2.05, 4.69) is 16.3 Å². The number of nitrogens with one attached hydrogen (secondary N) is 1. The fourth-order valence-electron chi connectivity index (χ4n) is 2.87. The molecule has 3 rings (SSSR count). The molecule has 1 aromatic carbocycles. The summed E-state index contributed by atoms with van der Waals surface area (Å²) >= 11 is 13.8. The summed E-state index contributed by atoms with van der Waals surface area (Å²) in [6.07, 6.45) is 2.33. The Labute approximate surface area is 161 Å². The molecule has 25 heavy (non-hydrogen) atoms. The zero-order chi connectivity index (χ0) is 17.6. The molecule has 1 saturated heterocycles. The molecular formula is C18H20Cl2N2O2S. The lowest BCUT2D eigenvalue weighted by Crippen LogP contribution is -2.37. The van der Waals surface area contributed by atoms with Crippen LogP contribution in [0.1, 0.15) is 17.7 Å². The summed E-state index contributed by atoms with van der Waals surface area (Å²) in [5.74, 6) is -0.112. The lowest BCUT2D eigenvalue weighted by atomic mass is 10.2. The van der Waals surface area contributed by atoms with Gasteiger partial charge in [-0.05, 0) is 42.5 Å². The molecule has 0 unspecified atom stereocenters. The maximum Gasteiger partial charge on any atom is 0.238 e. The van der Waals surface area contributed by atoms with Gasteiger partial charge < -0.3 is 10.1 Å². The zero-order valence-electron chi connectivity index (χ0n) is 13.7. The van der Waals surface area contributed by atoms with E-state index in [-0.39, 0.29) is 18.6 Å². The molecular weight excluding hydrogens is 379 g/mol.